The van der Waals surface area contributed by atoms with Crippen LogP contribution in [0.15, 0.2) is 48.5 Å². The number of ether oxygens (including phenoxy) is 1. The average Bonchev–Trinajstić information content (AvgIpc) is 3.02. The molecule has 2 aromatic carbocycles. The molecule has 1 aliphatic rings. The van der Waals surface area contributed by atoms with Crippen molar-refractivity contribution in [3.8, 4) is 5.75 Å². The van der Waals surface area contributed by atoms with Crippen molar-refractivity contribution >= 4 is 17.5 Å². The summed E-state index contributed by atoms with van der Waals surface area (Å²) >= 11 is 0. The lowest BCUT2D eigenvalue weighted by atomic mass is 10.1. The third kappa shape index (κ3) is 4.91. The van der Waals surface area contributed by atoms with Gasteiger partial charge in [0.1, 0.15) is 5.75 Å². The fourth-order valence-electron chi connectivity index (χ4n) is 3.40. The van der Waals surface area contributed by atoms with Crippen molar-refractivity contribution in [2.45, 2.75) is 39.0 Å². The van der Waals surface area contributed by atoms with Crippen LogP contribution in [0.3, 0.4) is 0 Å². The molecular weight excluding hydrogens is 352 g/mol. The Morgan fingerprint density at radius 3 is 2.29 bits per heavy atom. The Hall–Kier alpha value is -2.82. The zero-order valence-electron chi connectivity index (χ0n) is 16.4. The highest BCUT2D eigenvalue weighted by atomic mass is 16.5. The third-order valence-corrected chi connectivity index (χ3v) is 4.89. The molecule has 3 rings (SSSR count). The number of hydrogen-bond acceptors (Lipinski definition) is 3. The lowest BCUT2D eigenvalue weighted by Crippen LogP contribution is -2.32. The van der Waals surface area contributed by atoms with Gasteiger partial charge in [0.2, 0.25) is 0 Å². The number of carbonyl (C=O) groups excluding carboxylic acids is 2. The average molecular weight is 380 g/mol. The van der Waals surface area contributed by atoms with E-state index < -0.39 is 0 Å². The Morgan fingerprint density at radius 1 is 0.929 bits per heavy atom. The second kappa shape index (κ2) is 9.93. The van der Waals surface area contributed by atoms with Gasteiger partial charge in [-0.1, -0.05) is 44.0 Å². The highest BCUT2D eigenvalue weighted by Crippen LogP contribution is 2.23. The van der Waals surface area contributed by atoms with Crippen LogP contribution in [0.2, 0.25) is 0 Å². The van der Waals surface area contributed by atoms with Gasteiger partial charge in [-0.3, -0.25) is 9.59 Å². The van der Waals surface area contributed by atoms with Crippen molar-refractivity contribution in [1.29, 1.82) is 0 Å². The van der Waals surface area contributed by atoms with Crippen LogP contribution in [0.5, 0.6) is 5.75 Å². The first-order valence-corrected chi connectivity index (χ1v) is 10.1. The van der Waals surface area contributed by atoms with Gasteiger partial charge >= 0.3 is 0 Å². The molecule has 1 saturated heterocycles. The molecule has 2 aromatic rings. The van der Waals surface area contributed by atoms with E-state index in [9.17, 15) is 9.59 Å². The molecule has 1 fully saturated rings. The zero-order chi connectivity index (χ0) is 19.8. The van der Waals surface area contributed by atoms with Crippen LogP contribution in [0.1, 0.15) is 59.7 Å². The Bertz CT molecular complexity index is 811. The van der Waals surface area contributed by atoms with Crippen LogP contribution in [0, 0.1) is 0 Å². The number of nitrogens with zero attached hydrogens (tertiary/aromatic N) is 1. The summed E-state index contributed by atoms with van der Waals surface area (Å²) in [7, 11) is 0. The topological polar surface area (TPSA) is 58.6 Å². The molecule has 1 aliphatic heterocycles. The highest BCUT2D eigenvalue weighted by Gasteiger charge is 2.21. The molecule has 0 radical (unpaired) electrons. The molecule has 0 aliphatic carbocycles. The minimum Gasteiger partial charge on any atom is -0.493 e. The normalized spacial score (nSPS) is 14.2. The standard InChI is InChI=1S/C23H28N2O3/c1-2-17-28-21-14-8-6-12-19(21)22(26)24-20-13-7-5-11-18(20)23(27)25-15-9-3-4-10-16-25/h5-8,11-14H,2-4,9-10,15-17H2,1H3,(H,24,26). The van der Waals surface area contributed by atoms with Crippen LogP contribution in [-0.4, -0.2) is 36.4 Å². The van der Waals surface area contributed by atoms with Crippen molar-refractivity contribution in [2.24, 2.45) is 0 Å². The molecule has 0 atom stereocenters. The van der Waals surface area contributed by atoms with Gasteiger partial charge in [0.05, 0.1) is 23.4 Å². The van der Waals surface area contributed by atoms with E-state index in [1.165, 1.54) is 0 Å². The third-order valence-electron chi connectivity index (χ3n) is 4.89. The van der Waals surface area contributed by atoms with Gasteiger partial charge in [-0.05, 0) is 43.5 Å². The second-order valence-corrected chi connectivity index (χ2v) is 7.05. The van der Waals surface area contributed by atoms with Gasteiger partial charge in [-0.25, -0.2) is 0 Å². The smallest absolute Gasteiger partial charge is 0.259 e. The number of hydrogen-bond donors (Lipinski definition) is 1. The fourth-order valence-corrected chi connectivity index (χ4v) is 3.40. The van der Waals surface area contributed by atoms with E-state index in [-0.39, 0.29) is 11.8 Å². The Morgan fingerprint density at radius 2 is 1.57 bits per heavy atom. The van der Waals surface area contributed by atoms with E-state index in [0.29, 0.717) is 29.2 Å². The van der Waals surface area contributed by atoms with E-state index in [0.717, 1.165) is 45.2 Å². The summed E-state index contributed by atoms with van der Waals surface area (Å²) in [4.78, 5) is 27.8. The summed E-state index contributed by atoms with van der Waals surface area (Å²) in [5.41, 5.74) is 1.53. The molecule has 0 saturated carbocycles. The number of nitrogens with one attached hydrogen (secondary N) is 1. The maximum atomic E-state index is 13.0. The van der Waals surface area contributed by atoms with E-state index in [1.54, 1.807) is 24.3 Å². The number of amides is 2. The molecule has 5 heteroatoms. The first-order valence-electron chi connectivity index (χ1n) is 10.1. The van der Waals surface area contributed by atoms with Gasteiger partial charge < -0.3 is 15.0 Å². The van der Waals surface area contributed by atoms with Crippen LogP contribution < -0.4 is 10.1 Å². The maximum Gasteiger partial charge on any atom is 0.259 e. The van der Waals surface area contributed by atoms with E-state index in [1.807, 2.05) is 36.1 Å². The molecule has 1 N–H and O–H groups in total. The SMILES string of the molecule is CCCOc1ccccc1C(=O)Nc1ccccc1C(=O)N1CCCCCC1. The number of likely N-dealkylation sites (tertiary alicyclic amines) is 1. The Kier molecular flexibility index (Phi) is 7.06. The van der Waals surface area contributed by atoms with Crippen LogP contribution in [0.4, 0.5) is 5.69 Å². The Balaban J connectivity index is 1.80. The quantitative estimate of drug-likeness (QED) is 0.787. The molecule has 1 heterocycles. The largest absolute Gasteiger partial charge is 0.493 e. The van der Waals surface area contributed by atoms with Crippen molar-refractivity contribution in [1.82, 2.24) is 4.90 Å². The minimum absolute atomic E-state index is 0.0201. The molecule has 5 nitrogen and oxygen atoms in total. The molecule has 0 bridgehead atoms. The summed E-state index contributed by atoms with van der Waals surface area (Å²) < 4.78 is 5.70. The van der Waals surface area contributed by atoms with Gasteiger partial charge in [-0.15, -0.1) is 0 Å². The number of benzene rings is 2. The minimum atomic E-state index is -0.275. The first-order chi connectivity index (χ1) is 13.7. The second-order valence-electron chi connectivity index (χ2n) is 7.05. The van der Waals surface area contributed by atoms with E-state index in [4.69, 9.17) is 4.74 Å². The molecule has 0 aromatic heterocycles. The summed E-state index contributed by atoms with van der Waals surface area (Å²) in [5, 5.41) is 2.91. The molecule has 0 unspecified atom stereocenters. The lowest BCUT2D eigenvalue weighted by molar-refractivity contribution is 0.0762. The number of anilines is 1. The zero-order valence-corrected chi connectivity index (χ0v) is 16.4. The first kappa shape index (κ1) is 19.9. The van der Waals surface area contributed by atoms with Gasteiger partial charge in [-0.2, -0.15) is 0 Å². The number of para-hydroxylation sites is 2. The fraction of sp³-hybridized carbons (Fsp3) is 0.391. The van der Waals surface area contributed by atoms with Gasteiger partial charge in [0.25, 0.3) is 11.8 Å². The van der Waals surface area contributed by atoms with Crippen LogP contribution in [0.25, 0.3) is 0 Å². The van der Waals surface area contributed by atoms with E-state index in [2.05, 4.69) is 5.32 Å². The molecule has 148 valence electrons. The van der Waals surface area contributed by atoms with Gasteiger partial charge in [0.15, 0.2) is 0 Å². The van der Waals surface area contributed by atoms with Crippen molar-refractivity contribution < 1.29 is 14.3 Å². The summed E-state index contributed by atoms with van der Waals surface area (Å²) in [6, 6.07) is 14.4. The number of carbonyl (C=O) groups is 2. The van der Waals surface area contributed by atoms with Gasteiger partial charge in [0, 0.05) is 13.1 Å². The maximum absolute atomic E-state index is 13.0. The molecule has 0 spiro atoms. The van der Waals surface area contributed by atoms with Crippen LogP contribution in [-0.2, 0) is 0 Å². The predicted molar refractivity (Wildman–Crippen MR) is 111 cm³/mol. The molecule has 28 heavy (non-hydrogen) atoms. The number of rotatable bonds is 6. The van der Waals surface area contributed by atoms with Crippen molar-refractivity contribution in [3.63, 3.8) is 0 Å². The Labute approximate surface area is 166 Å². The summed E-state index contributed by atoms with van der Waals surface area (Å²) in [5.74, 6) is 0.259. The summed E-state index contributed by atoms with van der Waals surface area (Å²) in [6.07, 6.45) is 5.25. The molecular formula is C23H28N2O3. The van der Waals surface area contributed by atoms with Crippen LogP contribution >= 0.6 is 0 Å². The van der Waals surface area contributed by atoms with E-state index >= 15 is 0 Å². The predicted octanol–water partition coefficient (Wildman–Crippen LogP) is 4.74. The highest BCUT2D eigenvalue weighted by molar-refractivity contribution is 6.10. The summed E-state index contributed by atoms with van der Waals surface area (Å²) in [6.45, 7) is 4.12. The van der Waals surface area contributed by atoms with Crippen molar-refractivity contribution in [3.05, 3.63) is 59.7 Å². The monoisotopic (exact) mass is 380 g/mol. The lowest BCUT2D eigenvalue weighted by Gasteiger charge is -2.22. The van der Waals surface area contributed by atoms with Crippen molar-refractivity contribution in [2.75, 3.05) is 25.0 Å². The molecule has 2 amide bonds.